The van der Waals surface area contributed by atoms with Crippen LogP contribution in [-0.2, 0) is 0 Å². The van der Waals surface area contributed by atoms with Gasteiger partial charge in [-0.15, -0.1) is 0 Å². The molecule has 0 aromatic heterocycles. The number of carbonyl (C=O) groups excluding carboxylic acids is 2. The second kappa shape index (κ2) is 6.27. The number of amides is 4. The van der Waals surface area contributed by atoms with Gasteiger partial charge in [0.25, 0.3) is 0 Å². The third-order valence-electron chi connectivity index (χ3n) is 3.41. The van der Waals surface area contributed by atoms with Gasteiger partial charge in [-0.2, -0.15) is 0 Å². The lowest BCUT2D eigenvalue weighted by Crippen LogP contribution is -2.53. The van der Waals surface area contributed by atoms with Crippen molar-refractivity contribution < 1.29 is 9.59 Å². The summed E-state index contributed by atoms with van der Waals surface area (Å²) in [5.41, 5.74) is 2.40. The van der Waals surface area contributed by atoms with Crippen molar-refractivity contribution in [3.63, 3.8) is 0 Å². The molecule has 4 amide bonds. The number of piperazine rings is 1. The molecule has 0 bridgehead atoms. The average Bonchev–Trinajstić information content (AvgIpc) is 2.48. The molecule has 20 heavy (non-hydrogen) atoms. The lowest BCUT2D eigenvalue weighted by atomic mass is 10.2. The third kappa shape index (κ3) is 3.40. The molecule has 0 atom stereocenters. The van der Waals surface area contributed by atoms with Crippen LogP contribution in [0.15, 0.2) is 24.3 Å². The predicted octanol–water partition coefficient (Wildman–Crippen LogP) is 1.17. The lowest BCUT2D eigenvalue weighted by Gasteiger charge is -2.35. The van der Waals surface area contributed by atoms with Crippen molar-refractivity contribution in [1.82, 2.24) is 15.5 Å². The number of benzene rings is 1. The first-order valence-electron chi connectivity index (χ1n) is 6.69. The van der Waals surface area contributed by atoms with Gasteiger partial charge in [-0.25, -0.2) is 9.59 Å². The second-order valence-corrected chi connectivity index (χ2v) is 4.82. The van der Waals surface area contributed by atoms with Gasteiger partial charge in [0.05, 0.1) is 0 Å². The number of hydrogen-bond acceptors (Lipinski definition) is 3. The Bertz CT molecular complexity index is 478. The number of hydrogen-bond donors (Lipinski definition) is 2. The maximum Gasteiger partial charge on any atom is 0.325 e. The van der Waals surface area contributed by atoms with Gasteiger partial charge >= 0.3 is 12.1 Å². The second-order valence-electron chi connectivity index (χ2n) is 4.82. The largest absolute Gasteiger partial charge is 0.368 e. The summed E-state index contributed by atoms with van der Waals surface area (Å²) in [6.45, 7) is 4.81. The summed E-state index contributed by atoms with van der Waals surface area (Å²) in [4.78, 5) is 26.8. The van der Waals surface area contributed by atoms with Crippen molar-refractivity contribution in [3.8, 4) is 0 Å². The van der Waals surface area contributed by atoms with Gasteiger partial charge in [0.15, 0.2) is 0 Å². The number of nitrogens with one attached hydrogen (secondary N) is 2. The average molecular weight is 276 g/mol. The highest BCUT2D eigenvalue weighted by atomic mass is 16.2. The fourth-order valence-electron chi connectivity index (χ4n) is 2.16. The maximum absolute atomic E-state index is 11.8. The van der Waals surface area contributed by atoms with E-state index < -0.39 is 6.03 Å². The van der Waals surface area contributed by atoms with Gasteiger partial charge < -0.3 is 15.1 Å². The highest BCUT2D eigenvalue weighted by molar-refractivity contribution is 5.93. The standard InChI is InChI=1S/C14H20N4O2/c1-11-3-5-12(6-4-11)17-7-9-18(10-8-17)14(20)16-13(19)15-2/h3-6H,7-10H2,1-2H3,(H2,15,16,19,20). The Labute approximate surface area is 118 Å². The first-order chi connectivity index (χ1) is 9.60. The fourth-order valence-corrected chi connectivity index (χ4v) is 2.16. The molecule has 0 spiro atoms. The van der Waals surface area contributed by atoms with Crippen molar-refractivity contribution in [3.05, 3.63) is 29.8 Å². The van der Waals surface area contributed by atoms with Crippen LogP contribution in [0.4, 0.5) is 15.3 Å². The van der Waals surface area contributed by atoms with Crippen molar-refractivity contribution in [2.45, 2.75) is 6.92 Å². The number of urea groups is 2. The molecule has 6 heteroatoms. The number of anilines is 1. The van der Waals surface area contributed by atoms with Crippen molar-refractivity contribution in [1.29, 1.82) is 0 Å². The summed E-state index contributed by atoms with van der Waals surface area (Å²) >= 11 is 0. The number of aryl methyl sites for hydroxylation is 1. The minimum absolute atomic E-state index is 0.340. The van der Waals surface area contributed by atoms with Gasteiger partial charge in [-0.05, 0) is 19.1 Å². The number of nitrogens with zero attached hydrogens (tertiary/aromatic N) is 2. The molecule has 2 rings (SSSR count). The molecule has 1 aromatic carbocycles. The van der Waals surface area contributed by atoms with E-state index in [0.717, 1.165) is 13.1 Å². The summed E-state index contributed by atoms with van der Waals surface area (Å²) in [7, 11) is 1.48. The summed E-state index contributed by atoms with van der Waals surface area (Å²) < 4.78 is 0. The van der Waals surface area contributed by atoms with E-state index in [-0.39, 0.29) is 6.03 Å². The van der Waals surface area contributed by atoms with Crippen LogP contribution in [0, 0.1) is 6.92 Å². The van der Waals surface area contributed by atoms with E-state index in [1.54, 1.807) is 4.90 Å². The van der Waals surface area contributed by atoms with Gasteiger partial charge in [0.2, 0.25) is 0 Å². The Balaban J connectivity index is 1.87. The number of carbonyl (C=O) groups is 2. The Morgan fingerprint density at radius 3 is 2.20 bits per heavy atom. The smallest absolute Gasteiger partial charge is 0.325 e. The Morgan fingerprint density at radius 1 is 1.05 bits per heavy atom. The SMILES string of the molecule is CNC(=O)NC(=O)N1CCN(c2ccc(C)cc2)CC1. The van der Waals surface area contributed by atoms with E-state index in [2.05, 4.69) is 46.7 Å². The molecule has 1 aromatic rings. The Hall–Kier alpha value is -2.24. The summed E-state index contributed by atoms with van der Waals surface area (Å²) in [6.07, 6.45) is 0. The van der Waals surface area contributed by atoms with Gasteiger partial charge in [0, 0.05) is 38.9 Å². The molecule has 2 N–H and O–H groups in total. The van der Waals surface area contributed by atoms with E-state index in [1.807, 2.05) is 0 Å². The maximum atomic E-state index is 11.8. The zero-order chi connectivity index (χ0) is 14.5. The van der Waals surface area contributed by atoms with Crippen molar-refractivity contribution in [2.75, 3.05) is 38.1 Å². The highest BCUT2D eigenvalue weighted by Gasteiger charge is 2.22. The fraction of sp³-hybridized carbons (Fsp3) is 0.429. The molecule has 1 saturated heterocycles. The van der Waals surface area contributed by atoms with Gasteiger partial charge in [0.1, 0.15) is 0 Å². The molecule has 0 unspecified atom stereocenters. The highest BCUT2D eigenvalue weighted by Crippen LogP contribution is 2.17. The molecular weight excluding hydrogens is 256 g/mol. The quantitative estimate of drug-likeness (QED) is 0.809. The zero-order valence-electron chi connectivity index (χ0n) is 11.8. The minimum Gasteiger partial charge on any atom is -0.368 e. The monoisotopic (exact) mass is 276 g/mol. The molecule has 1 fully saturated rings. The molecule has 1 heterocycles. The molecule has 0 saturated carbocycles. The minimum atomic E-state index is -0.476. The van der Waals surface area contributed by atoms with Crippen LogP contribution >= 0.6 is 0 Å². The third-order valence-corrected chi connectivity index (χ3v) is 3.41. The first kappa shape index (κ1) is 14.2. The normalized spacial score (nSPS) is 14.9. The number of rotatable bonds is 1. The predicted molar refractivity (Wildman–Crippen MR) is 78.0 cm³/mol. The molecule has 6 nitrogen and oxygen atoms in total. The van der Waals surface area contributed by atoms with E-state index in [1.165, 1.54) is 18.3 Å². The molecule has 108 valence electrons. The van der Waals surface area contributed by atoms with E-state index in [9.17, 15) is 9.59 Å². The Kier molecular flexibility index (Phi) is 4.45. The topological polar surface area (TPSA) is 64.7 Å². The van der Waals surface area contributed by atoms with E-state index in [0.29, 0.717) is 13.1 Å². The lowest BCUT2D eigenvalue weighted by molar-refractivity contribution is 0.192. The summed E-state index contributed by atoms with van der Waals surface area (Å²) in [6, 6.07) is 7.54. The van der Waals surface area contributed by atoms with Crippen LogP contribution in [-0.4, -0.2) is 50.2 Å². The molecule has 0 radical (unpaired) electrons. The van der Waals surface area contributed by atoms with E-state index in [4.69, 9.17) is 0 Å². The van der Waals surface area contributed by atoms with Crippen LogP contribution in [0.25, 0.3) is 0 Å². The van der Waals surface area contributed by atoms with Crippen LogP contribution in [0.2, 0.25) is 0 Å². The van der Waals surface area contributed by atoms with Crippen LogP contribution < -0.4 is 15.5 Å². The molecular formula is C14H20N4O2. The van der Waals surface area contributed by atoms with Crippen LogP contribution in [0.1, 0.15) is 5.56 Å². The summed E-state index contributed by atoms with van der Waals surface area (Å²) in [5.74, 6) is 0. The van der Waals surface area contributed by atoms with E-state index >= 15 is 0 Å². The van der Waals surface area contributed by atoms with Crippen molar-refractivity contribution >= 4 is 17.7 Å². The van der Waals surface area contributed by atoms with Crippen LogP contribution in [0.5, 0.6) is 0 Å². The Morgan fingerprint density at radius 2 is 1.65 bits per heavy atom. The zero-order valence-corrected chi connectivity index (χ0v) is 11.8. The molecule has 0 aliphatic carbocycles. The molecule has 1 aliphatic heterocycles. The first-order valence-corrected chi connectivity index (χ1v) is 6.69. The van der Waals surface area contributed by atoms with Crippen molar-refractivity contribution in [2.24, 2.45) is 0 Å². The molecule has 1 aliphatic rings. The number of imide groups is 1. The van der Waals surface area contributed by atoms with Crippen LogP contribution in [0.3, 0.4) is 0 Å². The van der Waals surface area contributed by atoms with Gasteiger partial charge in [-0.1, -0.05) is 17.7 Å². The summed E-state index contributed by atoms with van der Waals surface area (Å²) in [5, 5.41) is 4.65. The van der Waals surface area contributed by atoms with Gasteiger partial charge in [-0.3, -0.25) is 5.32 Å².